The second-order valence-electron chi connectivity index (χ2n) is 6.69. The molecule has 0 amide bonds. The molecule has 0 aromatic heterocycles. The van der Waals surface area contributed by atoms with Gasteiger partial charge in [-0.25, -0.2) is 0 Å². The number of methoxy groups -OCH3 is 1. The first-order valence-electron chi connectivity index (χ1n) is 6.99. The molecule has 2 fully saturated rings. The largest absolute Gasteiger partial charge is 0.383 e. The van der Waals surface area contributed by atoms with E-state index in [-0.39, 0.29) is 5.54 Å². The lowest BCUT2D eigenvalue weighted by atomic mass is 9.86. The van der Waals surface area contributed by atoms with Gasteiger partial charge in [0.1, 0.15) is 0 Å². The normalized spacial score (nSPS) is 32.3. The highest BCUT2D eigenvalue weighted by Crippen LogP contribution is 2.49. The van der Waals surface area contributed by atoms with Crippen molar-refractivity contribution >= 4 is 0 Å². The Labute approximate surface area is 106 Å². The molecule has 1 atom stereocenters. The van der Waals surface area contributed by atoms with Crippen molar-refractivity contribution in [3.05, 3.63) is 0 Å². The molecule has 0 heterocycles. The highest BCUT2D eigenvalue weighted by atomic mass is 16.5. The van der Waals surface area contributed by atoms with Crippen LogP contribution >= 0.6 is 0 Å². The Morgan fingerprint density at radius 3 is 2.41 bits per heavy atom. The first-order chi connectivity index (χ1) is 8.03. The summed E-state index contributed by atoms with van der Waals surface area (Å²) in [5.74, 6) is 0. The molecule has 2 aliphatic rings. The fraction of sp³-hybridized carbons (Fsp3) is 1.00. The molecule has 0 saturated heterocycles. The van der Waals surface area contributed by atoms with E-state index in [4.69, 9.17) is 10.5 Å². The molecule has 2 saturated carbocycles. The Kier molecular flexibility index (Phi) is 3.81. The van der Waals surface area contributed by atoms with Crippen molar-refractivity contribution in [3.63, 3.8) is 0 Å². The fourth-order valence-corrected chi connectivity index (χ4v) is 3.56. The quantitative estimate of drug-likeness (QED) is 0.772. The third kappa shape index (κ3) is 2.83. The van der Waals surface area contributed by atoms with Crippen LogP contribution in [0.25, 0.3) is 0 Å². The first-order valence-corrected chi connectivity index (χ1v) is 6.99. The minimum absolute atomic E-state index is 0.253. The van der Waals surface area contributed by atoms with E-state index in [0.717, 1.165) is 25.7 Å². The average Bonchev–Trinajstić information content (AvgIpc) is 3.05. The Morgan fingerprint density at radius 2 is 2.00 bits per heavy atom. The van der Waals surface area contributed by atoms with Gasteiger partial charge in [-0.2, -0.15) is 0 Å². The number of hydrogen-bond acceptors (Lipinski definition) is 3. The van der Waals surface area contributed by atoms with Gasteiger partial charge in [-0.15, -0.1) is 0 Å². The summed E-state index contributed by atoms with van der Waals surface area (Å²) in [6.07, 6.45) is 6.52. The van der Waals surface area contributed by atoms with Gasteiger partial charge in [0.15, 0.2) is 0 Å². The van der Waals surface area contributed by atoms with Crippen molar-refractivity contribution in [1.29, 1.82) is 0 Å². The van der Waals surface area contributed by atoms with Crippen molar-refractivity contribution in [1.82, 2.24) is 4.90 Å². The lowest BCUT2D eigenvalue weighted by Crippen LogP contribution is -2.54. The lowest BCUT2D eigenvalue weighted by Gasteiger charge is -2.42. The van der Waals surface area contributed by atoms with Gasteiger partial charge in [0.05, 0.1) is 6.61 Å². The van der Waals surface area contributed by atoms with Crippen molar-refractivity contribution in [2.24, 2.45) is 11.1 Å². The van der Waals surface area contributed by atoms with Gasteiger partial charge in [-0.05, 0) is 37.5 Å². The van der Waals surface area contributed by atoms with Crippen LogP contribution in [0.5, 0.6) is 0 Å². The zero-order valence-electron chi connectivity index (χ0n) is 11.7. The third-order valence-electron chi connectivity index (χ3n) is 4.59. The van der Waals surface area contributed by atoms with E-state index in [2.05, 4.69) is 18.7 Å². The van der Waals surface area contributed by atoms with E-state index < -0.39 is 0 Å². The maximum Gasteiger partial charge on any atom is 0.0590 e. The molecule has 2 aliphatic carbocycles. The topological polar surface area (TPSA) is 38.5 Å². The summed E-state index contributed by atoms with van der Waals surface area (Å²) in [5.41, 5.74) is 6.86. The molecule has 2 rings (SSSR count). The standard InChI is InChI=1S/C14H28N2O/c1-13(2)6-7-14(10-13,11-15)16(8-9-17-3)12-4-5-12/h12H,4-11,15H2,1-3H3. The summed E-state index contributed by atoms with van der Waals surface area (Å²) in [4.78, 5) is 2.67. The minimum atomic E-state index is 0.253. The Balaban J connectivity index is 2.08. The second-order valence-corrected chi connectivity index (χ2v) is 6.69. The Bertz CT molecular complexity index is 263. The van der Waals surface area contributed by atoms with E-state index >= 15 is 0 Å². The first kappa shape index (κ1) is 13.3. The van der Waals surface area contributed by atoms with Crippen LogP contribution in [0.2, 0.25) is 0 Å². The highest BCUT2D eigenvalue weighted by molar-refractivity contribution is 5.06. The van der Waals surface area contributed by atoms with Crippen LogP contribution in [-0.2, 0) is 4.74 Å². The van der Waals surface area contributed by atoms with Crippen molar-refractivity contribution < 1.29 is 4.74 Å². The molecule has 3 heteroatoms. The SMILES string of the molecule is COCCN(C1CC1)C1(CN)CCC(C)(C)C1. The van der Waals surface area contributed by atoms with Crippen LogP contribution in [0, 0.1) is 5.41 Å². The Hall–Kier alpha value is -0.120. The third-order valence-corrected chi connectivity index (χ3v) is 4.59. The smallest absolute Gasteiger partial charge is 0.0590 e. The molecular formula is C14H28N2O. The summed E-state index contributed by atoms with van der Waals surface area (Å²) in [6.45, 7) is 7.45. The van der Waals surface area contributed by atoms with Gasteiger partial charge in [-0.1, -0.05) is 13.8 Å². The molecule has 0 aliphatic heterocycles. The predicted octanol–water partition coefficient (Wildman–Crippen LogP) is 2.00. The molecule has 3 nitrogen and oxygen atoms in total. The molecule has 17 heavy (non-hydrogen) atoms. The summed E-state index contributed by atoms with van der Waals surface area (Å²) in [7, 11) is 1.79. The maximum absolute atomic E-state index is 6.15. The fourth-order valence-electron chi connectivity index (χ4n) is 3.56. The van der Waals surface area contributed by atoms with Crippen molar-refractivity contribution in [3.8, 4) is 0 Å². The maximum atomic E-state index is 6.15. The zero-order chi connectivity index (χ0) is 12.5. The van der Waals surface area contributed by atoms with E-state index in [9.17, 15) is 0 Å². The highest BCUT2D eigenvalue weighted by Gasteiger charge is 2.49. The van der Waals surface area contributed by atoms with Crippen molar-refractivity contribution in [2.75, 3.05) is 26.8 Å². The van der Waals surface area contributed by atoms with Gasteiger partial charge in [-0.3, -0.25) is 4.90 Å². The lowest BCUT2D eigenvalue weighted by molar-refractivity contribution is 0.0495. The zero-order valence-corrected chi connectivity index (χ0v) is 11.7. The van der Waals surface area contributed by atoms with E-state index in [1.54, 1.807) is 7.11 Å². The molecule has 0 aromatic rings. The van der Waals surface area contributed by atoms with Crippen LogP contribution in [0.15, 0.2) is 0 Å². The molecule has 1 unspecified atom stereocenters. The number of nitrogens with two attached hydrogens (primary N) is 1. The van der Waals surface area contributed by atoms with Crippen LogP contribution in [-0.4, -0.2) is 43.3 Å². The van der Waals surface area contributed by atoms with E-state index in [1.165, 1.54) is 32.1 Å². The minimum Gasteiger partial charge on any atom is -0.383 e. The van der Waals surface area contributed by atoms with Crippen LogP contribution in [0.1, 0.15) is 46.0 Å². The van der Waals surface area contributed by atoms with E-state index in [0.29, 0.717) is 5.41 Å². The van der Waals surface area contributed by atoms with Crippen LogP contribution < -0.4 is 5.73 Å². The van der Waals surface area contributed by atoms with Crippen molar-refractivity contribution in [2.45, 2.75) is 57.5 Å². The number of nitrogens with zero attached hydrogens (tertiary/aromatic N) is 1. The molecular weight excluding hydrogens is 212 g/mol. The molecule has 100 valence electrons. The predicted molar refractivity (Wildman–Crippen MR) is 71.0 cm³/mol. The molecule has 2 N–H and O–H groups in total. The molecule has 0 bridgehead atoms. The summed E-state index contributed by atoms with van der Waals surface area (Å²) >= 11 is 0. The number of rotatable bonds is 6. The molecule has 0 spiro atoms. The Morgan fingerprint density at radius 1 is 1.29 bits per heavy atom. The van der Waals surface area contributed by atoms with Crippen LogP contribution in [0.4, 0.5) is 0 Å². The second kappa shape index (κ2) is 4.87. The molecule has 0 radical (unpaired) electrons. The van der Waals surface area contributed by atoms with E-state index in [1.807, 2.05) is 0 Å². The van der Waals surface area contributed by atoms with Crippen LogP contribution in [0.3, 0.4) is 0 Å². The summed E-state index contributed by atoms with van der Waals surface area (Å²) < 4.78 is 5.27. The van der Waals surface area contributed by atoms with Gasteiger partial charge in [0.25, 0.3) is 0 Å². The van der Waals surface area contributed by atoms with Gasteiger partial charge < -0.3 is 10.5 Å². The van der Waals surface area contributed by atoms with Gasteiger partial charge >= 0.3 is 0 Å². The average molecular weight is 240 g/mol. The number of ether oxygens (including phenoxy) is 1. The number of hydrogen-bond donors (Lipinski definition) is 1. The summed E-state index contributed by atoms with van der Waals surface area (Å²) in [6, 6.07) is 0.780. The van der Waals surface area contributed by atoms with Gasteiger partial charge in [0.2, 0.25) is 0 Å². The monoisotopic (exact) mass is 240 g/mol. The summed E-state index contributed by atoms with van der Waals surface area (Å²) in [5, 5.41) is 0. The van der Waals surface area contributed by atoms with Gasteiger partial charge in [0, 0.05) is 31.8 Å². The molecule has 0 aromatic carbocycles.